The molecule has 0 radical (unpaired) electrons. The number of hydrogen-bond acceptors (Lipinski definition) is 7. The second-order valence-electron chi connectivity index (χ2n) is 7.04. The Morgan fingerprint density at radius 1 is 1.16 bits per heavy atom. The molecule has 0 unspecified atom stereocenters. The first-order valence-electron chi connectivity index (χ1n) is 9.63. The SMILES string of the molecule is CNC(=O)c1cc(Nc2ncnc(N3CC(COc4ccc(Cl)cc4)C3)n2)ccc1Cl. The number of carbonyl (C=O) groups excluding carboxylic acids is 1. The zero-order valence-corrected chi connectivity index (χ0v) is 18.2. The van der Waals surface area contributed by atoms with Gasteiger partial charge in [-0.05, 0) is 42.5 Å². The van der Waals surface area contributed by atoms with Crippen molar-refractivity contribution in [1.29, 1.82) is 0 Å². The van der Waals surface area contributed by atoms with Crippen LogP contribution in [0.5, 0.6) is 5.75 Å². The van der Waals surface area contributed by atoms with Crippen LogP contribution in [0.3, 0.4) is 0 Å². The molecular formula is C21H20Cl2N6O2. The maximum atomic E-state index is 11.9. The van der Waals surface area contributed by atoms with Gasteiger partial charge in [0.25, 0.3) is 5.91 Å². The van der Waals surface area contributed by atoms with E-state index < -0.39 is 0 Å². The molecule has 0 bridgehead atoms. The lowest BCUT2D eigenvalue weighted by Gasteiger charge is -2.38. The van der Waals surface area contributed by atoms with E-state index in [9.17, 15) is 4.79 Å². The minimum atomic E-state index is -0.266. The molecule has 0 saturated carbocycles. The number of nitrogens with zero attached hydrogens (tertiary/aromatic N) is 4. The molecule has 10 heteroatoms. The molecule has 0 aliphatic carbocycles. The number of carbonyl (C=O) groups is 1. The standard InChI is InChI=1S/C21H20Cl2N6O2/c1-24-19(30)17-8-15(4-7-18(17)23)27-20-25-12-26-21(28-20)29-9-13(10-29)11-31-16-5-2-14(22)3-6-16/h2-8,12-13H,9-11H2,1H3,(H,24,30)(H,25,26,27,28). The molecular weight excluding hydrogens is 439 g/mol. The summed E-state index contributed by atoms with van der Waals surface area (Å²) in [5, 5.41) is 6.71. The first-order chi connectivity index (χ1) is 15.0. The van der Waals surface area contributed by atoms with Gasteiger partial charge >= 0.3 is 0 Å². The topological polar surface area (TPSA) is 92.3 Å². The van der Waals surface area contributed by atoms with Crippen LogP contribution in [0, 0.1) is 5.92 Å². The van der Waals surface area contributed by atoms with Crippen molar-refractivity contribution in [3.63, 3.8) is 0 Å². The van der Waals surface area contributed by atoms with Crippen molar-refractivity contribution in [3.05, 3.63) is 64.4 Å². The molecule has 2 N–H and O–H groups in total. The molecule has 1 aliphatic heterocycles. The van der Waals surface area contributed by atoms with Crippen molar-refractivity contribution in [3.8, 4) is 5.75 Å². The van der Waals surface area contributed by atoms with Crippen LogP contribution >= 0.6 is 23.2 Å². The van der Waals surface area contributed by atoms with Gasteiger partial charge in [-0.15, -0.1) is 0 Å². The average Bonchev–Trinajstić information content (AvgIpc) is 2.75. The second-order valence-corrected chi connectivity index (χ2v) is 7.89. The van der Waals surface area contributed by atoms with Gasteiger partial charge in [-0.1, -0.05) is 23.2 Å². The van der Waals surface area contributed by atoms with E-state index in [0.29, 0.717) is 45.7 Å². The number of amides is 1. The van der Waals surface area contributed by atoms with Crippen molar-refractivity contribution in [2.24, 2.45) is 5.92 Å². The third kappa shape index (κ3) is 5.15. The Balaban J connectivity index is 1.34. The third-order valence-electron chi connectivity index (χ3n) is 4.79. The Bertz CT molecular complexity index is 1070. The van der Waals surface area contributed by atoms with Gasteiger partial charge in [-0.25, -0.2) is 9.97 Å². The van der Waals surface area contributed by atoms with Crippen LogP contribution in [0.2, 0.25) is 10.0 Å². The van der Waals surface area contributed by atoms with Crippen LogP contribution in [0.15, 0.2) is 48.8 Å². The highest BCUT2D eigenvalue weighted by atomic mass is 35.5. The van der Waals surface area contributed by atoms with E-state index in [2.05, 4.69) is 30.5 Å². The molecule has 1 aromatic heterocycles. The normalized spacial score (nSPS) is 13.5. The van der Waals surface area contributed by atoms with E-state index in [1.807, 2.05) is 24.3 Å². The van der Waals surface area contributed by atoms with E-state index in [-0.39, 0.29) is 5.91 Å². The van der Waals surface area contributed by atoms with Gasteiger partial charge < -0.3 is 20.3 Å². The Labute approximate surface area is 189 Å². The van der Waals surface area contributed by atoms with Gasteiger partial charge in [0, 0.05) is 36.8 Å². The van der Waals surface area contributed by atoms with Crippen LogP contribution in [-0.4, -0.2) is 47.6 Å². The van der Waals surface area contributed by atoms with Gasteiger partial charge in [0.05, 0.1) is 17.2 Å². The van der Waals surface area contributed by atoms with Gasteiger partial charge in [0.2, 0.25) is 11.9 Å². The summed E-state index contributed by atoms with van der Waals surface area (Å²) in [5.74, 6) is 1.89. The zero-order chi connectivity index (χ0) is 21.8. The maximum Gasteiger partial charge on any atom is 0.252 e. The van der Waals surface area contributed by atoms with E-state index >= 15 is 0 Å². The van der Waals surface area contributed by atoms with Crippen LogP contribution < -0.4 is 20.3 Å². The summed E-state index contributed by atoms with van der Waals surface area (Å²) < 4.78 is 5.81. The largest absolute Gasteiger partial charge is 0.493 e. The molecule has 3 aromatic rings. The second kappa shape index (κ2) is 9.36. The molecule has 1 aliphatic rings. The third-order valence-corrected chi connectivity index (χ3v) is 5.37. The van der Waals surface area contributed by atoms with Gasteiger partial charge in [-0.3, -0.25) is 4.79 Å². The zero-order valence-electron chi connectivity index (χ0n) is 16.7. The van der Waals surface area contributed by atoms with E-state index in [0.717, 1.165) is 18.8 Å². The molecule has 1 fully saturated rings. The quantitative estimate of drug-likeness (QED) is 0.555. The van der Waals surface area contributed by atoms with Crippen molar-refractivity contribution < 1.29 is 9.53 Å². The highest BCUT2D eigenvalue weighted by Crippen LogP contribution is 2.25. The fraction of sp³-hybridized carbons (Fsp3) is 0.238. The summed E-state index contributed by atoms with van der Waals surface area (Å²) in [4.78, 5) is 26.9. The van der Waals surface area contributed by atoms with Crippen LogP contribution in [0.25, 0.3) is 0 Å². The number of aromatic nitrogens is 3. The summed E-state index contributed by atoms with van der Waals surface area (Å²) >= 11 is 12.0. The smallest absolute Gasteiger partial charge is 0.252 e. The summed E-state index contributed by atoms with van der Waals surface area (Å²) in [6.07, 6.45) is 1.46. The minimum absolute atomic E-state index is 0.266. The number of ether oxygens (including phenoxy) is 1. The fourth-order valence-corrected chi connectivity index (χ4v) is 3.45. The summed E-state index contributed by atoms with van der Waals surface area (Å²) in [7, 11) is 1.55. The number of hydrogen-bond donors (Lipinski definition) is 2. The molecule has 0 spiro atoms. The van der Waals surface area contributed by atoms with Crippen molar-refractivity contribution in [2.45, 2.75) is 0 Å². The van der Waals surface area contributed by atoms with E-state index in [1.165, 1.54) is 6.33 Å². The Hall–Kier alpha value is -3.10. The number of anilines is 3. The monoisotopic (exact) mass is 458 g/mol. The molecule has 8 nitrogen and oxygen atoms in total. The average molecular weight is 459 g/mol. The summed E-state index contributed by atoms with van der Waals surface area (Å²) in [5.41, 5.74) is 1.02. The molecule has 1 amide bonds. The summed E-state index contributed by atoms with van der Waals surface area (Å²) in [6, 6.07) is 12.4. The van der Waals surface area contributed by atoms with Crippen LogP contribution in [0.1, 0.15) is 10.4 Å². The number of benzene rings is 2. The van der Waals surface area contributed by atoms with Gasteiger partial charge in [-0.2, -0.15) is 4.98 Å². The van der Waals surface area contributed by atoms with Crippen molar-refractivity contribution in [2.75, 3.05) is 37.0 Å². The molecule has 1 saturated heterocycles. The predicted octanol–water partition coefficient (Wildman–Crippen LogP) is 3.80. The number of halogens is 2. The highest BCUT2D eigenvalue weighted by Gasteiger charge is 2.29. The molecule has 2 heterocycles. The van der Waals surface area contributed by atoms with Gasteiger partial charge in [0.15, 0.2) is 0 Å². The predicted molar refractivity (Wildman–Crippen MR) is 121 cm³/mol. The Morgan fingerprint density at radius 3 is 2.68 bits per heavy atom. The van der Waals surface area contributed by atoms with E-state index in [1.54, 1.807) is 25.2 Å². The first kappa shape index (κ1) is 21.1. The molecule has 31 heavy (non-hydrogen) atoms. The number of rotatable bonds is 7. The Morgan fingerprint density at radius 2 is 1.94 bits per heavy atom. The molecule has 0 atom stereocenters. The van der Waals surface area contributed by atoms with Crippen molar-refractivity contribution >= 4 is 46.7 Å². The van der Waals surface area contributed by atoms with Crippen LogP contribution in [0.4, 0.5) is 17.6 Å². The fourth-order valence-electron chi connectivity index (χ4n) is 3.12. The van der Waals surface area contributed by atoms with Gasteiger partial charge in [0.1, 0.15) is 12.1 Å². The van der Waals surface area contributed by atoms with E-state index in [4.69, 9.17) is 27.9 Å². The Kier molecular flexibility index (Phi) is 6.39. The molecule has 2 aromatic carbocycles. The first-order valence-corrected chi connectivity index (χ1v) is 10.4. The highest BCUT2D eigenvalue weighted by molar-refractivity contribution is 6.34. The molecule has 160 valence electrons. The minimum Gasteiger partial charge on any atom is -0.493 e. The molecule has 4 rings (SSSR count). The lowest BCUT2D eigenvalue weighted by Crippen LogP contribution is -2.50. The van der Waals surface area contributed by atoms with Crippen LogP contribution in [-0.2, 0) is 0 Å². The maximum absolute atomic E-state index is 11.9. The summed E-state index contributed by atoms with van der Waals surface area (Å²) in [6.45, 7) is 2.19. The number of nitrogens with one attached hydrogen (secondary N) is 2. The van der Waals surface area contributed by atoms with Crippen molar-refractivity contribution in [1.82, 2.24) is 20.3 Å². The lowest BCUT2D eigenvalue weighted by molar-refractivity contribution is 0.0963. The lowest BCUT2D eigenvalue weighted by atomic mass is 10.0.